The first-order chi connectivity index (χ1) is 9.53. The molecule has 7 nitrogen and oxygen atoms in total. The number of nitrogens with zero attached hydrogens (tertiary/aromatic N) is 2. The van der Waals surface area contributed by atoms with Gasteiger partial charge in [0.05, 0.1) is 11.2 Å². The van der Waals surface area contributed by atoms with Crippen molar-refractivity contribution >= 4 is 33.9 Å². The Morgan fingerprint density at radius 3 is 2.43 bits per heavy atom. The maximum atomic E-state index is 12.2. The molecule has 0 saturated carbocycles. The molecule has 1 rings (SSSR count). The third-order valence-corrected chi connectivity index (χ3v) is 3.08. The molecule has 0 unspecified atom stereocenters. The molecule has 0 heterocycles. The molecule has 21 heavy (non-hydrogen) atoms. The van der Waals surface area contributed by atoms with Gasteiger partial charge in [0, 0.05) is 0 Å². The maximum absolute atomic E-state index is 12.2. The van der Waals surface area contributed by atoms with E-state index in [1.54, 1.807) is 0 Å². The summed E-state index contributed by atoms with van der Waals surface area (Å²) < 4.78 is 62.0. The zero-order valence-electron chi connectivity index (χ0n) is 10.0. The minimum absolute atomic E-state index is 0.298. The molecule has 0 amide bonds. The smallest absolute Gasteiger partial charge is 0.374 e. The maximum Gasteiger partial charge on any atom is 0.534 e. The summed E-state index contributed by atoms with van der Waals surface area (Å²) in [6.45, 7) is 0. The molecule has 116 valence electrons. The molecule has 0 aliphatic heterocycles. The highest BCUT2D eigenvalue weighted by molar-refractivity contribution is 7.88. The summed E-state index contributed by atoms with van der Waals surface area (Å²) in [5, 5.41) is 6.36. The fourth-order valence-electron chi connectivity index (χ4n) is 0.993. The molecule has 12 heteroatoms. The van der Waals surface area contributed by atoms with Gasteiger partial charge in [-0.3, -0.25) is 0 Å². The molecule has 0 saturated heterocycles. The van der Waals surface area contributed by atoms with Gasteiger partial charge in [0.15, 0.2) is 5.75 Å². The average molecular weight is 345 g/mol. The summed E-state index contributed by atoms with van der Waals surface area (Å²) in [5.74, 6) is -0.971. The number of nitrogens with two attached hydrogens (primary N) is 2. The minimum Gasteiger partial charge on any atom is -0.374 e. The molecule has 0 fully saturated rings. The Labute approximate surface area is 122 Å². The fourth-order valence-corrected chi connectivity index (χ4v) is 1.74. The highest BCUT2D eigenvalue weighted by atomic mass is 35.5. The van der Waals surface area contributed by atoms with Gasteiger partial charge in [0.1, 0.15) is 0 Å². The molecule has 0 aromatic heterocycles. The zero-order chi connectivity index (χ0) is 16.3. The zero-order valence-corrected chi connectivity index (χ0v) is 11.6. The van der Waals surface area contributed by atoms with E-state index >= 15 is 0 Å². The number of hydrogen-bond donors (Lipinski definition) is 2. The molecular weight excluding hydrogens is 337 g/mol. The van der Waals surface area contributed by atoms with Crippen LogP contribution >= 0.6 is 11.6 Å². The first-order valence-corrected chi connectivity index (χ1v) is 6.74. The predicted octanol–water partition coefficient (Wildman–Crippen LogP) is 1.18. The summed E-state index contributed by atoms with van der Waals surface area (Å²) in [6.07, 6.45) is 1.15. The molecule has 1 aromatic rings. The first kappa shape index (κ1) is 17.0. The normalized spacial score (nSPS) is 12.4. The van der Waals surface area contributed by atoms with Crippen LogP contribution in [0.3, 0.4) is 0 Å². The number of rotatable bonds is 4. The first-order valence-electron chi connectivity index (χ1n) is 4.95. The summed E-state index contributed by atoms with van der Waals surface area (Å²) in [4.78, 5) is 0. The molecule has 0 aliphatic carbocycles. The second-order valence-electron chi connectivity index (χ2n) is 3.44. The second kappa shape index (κ2) is 6.18. The molecule has 4 N–H and O–H groups in total. The van der Waals surface area contributed by atoms with Crippen molar-refractivity contribution in [1.82, 2.24) is 0 Å². The van der Waals surface area contributed by atoms with E-state index in [2.05, 4.69) is 14.4 Å². The van der Waals surface area contributed by atoms with Gasteiger partial charge in [0.2, 0.25) is 5.96 Å². The Bertz CT molecular complexity index is 684. The van der Waals surface area contributed by atoms with Crippen LogP contribution in [0, 0.1) is 0 Å². The van der Waals surface area contributed by atoms with Gasteiger partial charge in [0.25, 0.3) is 0 Å². The van der Waals surface area contributed by atoms with Gasteiger partial charge in [-0.25, -0.2) is 0 Å². The number of guanidine groups is 1. The lowest BCUT2D eigenvalue weighted by molar-refractivity contribution is -0.0500. The molecule has 0 spiro atoms. The predicted molar refractivity (Wildman–Crippen MR) is 70.5 cm³/mol. The van der Waals surface area contributed by atoms with Crippen LogP contribution in [-0.4, -0.2) is 26.1 Å². The topological polar surface area (TPSA) is 120 Å². The van der Waals surface area contributed by atoms with Crippen molar-refractivity contribution in [3.8, 4) is 5.75 Å². The van der Waals surface area contributed by atoms with Crippen molar-refractivity contribution < 1.29 is 25.8 Å². The van der Waals surface area contributed by atoms with Gasteiger partial charge in [-0.15, -0.1) is 5.10 Å². The second-order valence-corrected chi connectivity index (χ2v) is 5.39. The Kier molecular flexibility index (Phi) is 5.01. The van der Waals surface area contributed by atoms with Gasteiger partial charge < -0.3 is 15.7 Å². The van der Waals surface area contributed by atoms with E-state index < -0.39 is 21.4 Å². The van der Waals surface area contributed by atoms with E-state index in [-0.39, 0.29) is 11.0 Å². The van der Waals surface area contributed by atoms with Gasteiger partial charge in [-0.2, -0.15) is 26.7 Å². The Balaban J connectivity index is 3.00. The summed E-state index contributed by atoms with van der Waals surface area (Å²) in [6, 6.07) is 3.26. The van der Waals surface area contributed by atoms with E-state index in [0.717, 1.165) is 18.3 Å². The molecular formula is C9H8ClF3N4O3S. The molecule has 0 atom stereocenters. The number of benzene rings is 1. The van der Waals surface area contributed by atoms with Gasteiger partial charge in [-0.05, 0) is 23.8 Å². The molecule has 0 bridgehead atoms. The molecule has 0 radical (unpaired) electrons. The SMILES string of the molecule is NC(N)=NN=Cc1ccc(OS(=O)(=O)C(F)(F)F)c(Cl)c1. The van der Waals surface area contributed by atoms with Crippen molar-refractivity contribution in [2.45, 2.75) is 5.51 Å². The van der Waals surface area contributed by atoms with Gasteiger partial charge in [-0.1, -0.05) is 11.6 Å². The lowest BCUT2D eigenvalue weighted by Crippen LogP contribution is -2.28. The van der Waals surface area contributed by atoms with Crippen LogP contribution in [0.25, 0.3) is 0 Å². The highest BCUT2D eigenvalue weighted by Crippen LogP contribution is 2.31. The van der Waals surface area contributed by atoms with E-state index in [9.17, 15) is 21.6 Å². The van der Waals surface area contributed by atoms with E-state index in [4.69, 9.17) is 23.1 Å². The summed E-state index contributed by atoms with van der Waals surface area (Å²) >= 11 is 5.62. The lowest BCUT2D eigenvalue weighted by atomic mass is 10.2. The highest BCUT2D eigenvalue weighted by Gasteiger charge is 2.48. The molecule has 1 aromatic carbocycles. The molecule has 0 aliphatic rings. The van der Waals surface area contributed by atoms with Crippen LogP contribution in [0.2, 0.25) is 5.02 Å². The van der Waals surface area contributed by atoms with Crippen LogP contribution in [0.5, 0.6) is 5.75 Å². The monoisotopic (exact) mass is 344 g/mol. The van der Waals surface area contributed by atoms with Crippen molar-refractivity contribution in [1.29, 1.82) is 0 Å². The van der Waals surface area contributed by atoms with Crippen LogP contribution in [0.15, 0.2) is 28.4 Å². The van der Waals surface area contributed by atoms with Crippen molar-refractivity contribution in [3.05, 3.63) is 28.8 Å². The largest absolute Gasteiger partial charge is 0.534 e. The Morgan fingerprint density at radius 1 is 1.33 bits per heavy atom. The third-order valence-electron chi connectivity index (χ3n) is 1.82. The number of alkyl halides is 3. The lowest BCUT2D eigenvalue weighted by Gasteiger charge is -2.10. The van der Waals surface area contributed by atoms with Crippen LogP contribution in [0.4, 0.5) is 13.2 Å². The number of halogens is 4. The van der Waals surface area contributed by atoms with Crippen LogP contribution in [-0.2, 0) is 10.1 Å². The van der Waals surface area contributed by atoms with Crippen molar-refractivity contribution in [3.63, 3.8) is 0 Å². The number of hydrogen-bond acceptors (Lipinski definition) is 5. The summed E-state index contributed by atoms with van der Waals surface area (Å²) in [7, 11) is -5.79. The van der Waals surface area contributed by atoms with E-state index in [1.807, 2.05) is 0 Å². The van der Waals surface area contributed by atoms with Crippen LogP contribution in [0.1, 0.15) is 5.56 Å². The van der Waals surface area contributed by atoms with Gasteiger partial charge >= 0.3 is 15.6 Å². The van der Waals surface area contributed by atoms with Crippen molar-refractivity contribution in [2.24, 2.45) is 21.7 Å². The Morgan fingerprint density at radius 2 is 1.95 bits per heavy atom. The minimum atomic E-state index is -5.79. The standard InChI is InChI=1S/C9H8ClF3N4O3S/c10-6-3-5(4-16-17-8(14)15)1-2-7(6)20-21(18,19)9(11,12)13/h1-4H,(H4,14,15,17). The van der Waals surface area contributed by atoms with Crippen LogP contribution < -0.4 is 15.7 Å². The Hall–Kier alpha value is -2.01. The van der Waals surface area contributed by atoms with Crippen molar-refractivity contribution in [2.75, 3.05) is 0 Å². The van der Waals surface area contributed by atoms with E-state index in [0.29, 0.717) is 5.56 Å². The van der Waals surface area contributed by atoms with E-state index in [1.165, 1.54) is 6.07 Å². The third kappa shape index (κ3) is 4.79. The quantitative estimate of drug-likeness (QED) is 0.279. The fraction of sp³-hybridized carbons (Fsp3) is 0.111. The summed E-state index contributed by atoms with van der Waals surface area (Å²) in [5.41, 5.74) is 4.79. The average Bonchev–Trinajstić information content (AvgIpc) is 2.30.